The molecule has 6 heteroatoms. The second-order valence-electron chi connectivity index (χ2n) is 9.99. The van der Waals surface area contributed by atoms with Crippen LogP contribution < -0.4 is 10.1 Å². The first-order valence-corrected chi connectivity index (χ1v) is 13.4. The van der Waals surface area contributed by atoms with Gasteiger partial charge < -0.3 is 19.9 Å². The molecule has 4 aromatic rings. The molecular weight excluding hydrogens is 482 g/mol. The van der Waals surface area contributed by atoms with Crippen LogP contribution in [0.2, 0.25) is 5.02 Å². The van der Waals surface area contributed by atoms with Crippen LogP contribution in [0.3, 0.4) is 0 Å². The fourth-order valence-corrected chi connectivity index (χ4v) is 5.60. The van der Waals surface area contributed by atoms with Crippen molar-refractivity contribution in [2.45, 2.75) is 38.5 Å². The molecule has 192 valence electrons. The molecule has 37 heavy (non-hydrogen) atoms. The van der Waals surface area contributed by atoms with Crippen molar-refractivity contribution in [1.29, 1.82) is 0 Å². The first-order chi connectivity index (χ1) is 18.0. The van der Waals surface area contributed by atoms with Crippen molar-refractivity contribution in [3.05, 3.63) is 94.1 Å². The highest BCUT2D eigenvalue weighted by Gasteiger charge is 2.23. The van der Waals surface area contributed by atoms with E-state index >= 15 is 0 Å². The molecule has 1 amide bonds. The number of ether oxygens (including phenoxy) is 1. The lowest BCUT2D eigenvalue weighted by molar-refractivity contribution is -0.115. The Balaban J connectivity index is 1.14. The third-order valence-corrected chi connectivity index (χ3v) is 7.89. The molecule has 0 unspecified atom stereocenters. The molecule has 2 heterocycles. The number of aromatic amines is 1. The van der Waals surface area contributed by atoms with Crippen LogP contribution in [0, 0.1) is 6.92 Å². The number of anilines is 1. The van der Waals surface area contributed by atoms with Crippen LogP contribution in [0.15, 0.2) is 66.9 Å². The molecular formula is C31H34ClN3O2. The summed E-state index contributed by atoms with van der Waals surface area (Å²) >= 11 is 6.36. The van der Waals surface area contributed by atoms with E-state index in [4.69, 9.17) is 16.3 Å². The number of hydrogen-bond donors (Lipinski definition) is 2. The maximum absolute atomic E-state index is 12.6. The molecule has 0 spiro atoms. The smallest absolute Gasteiger partial charge is 0.228 e. The molecule has 1 aromatic heterocycles. The van der Waals surface area contributed by atoms with Gasteiger partial charge in [0.2, 0.25) is 5.91 Å². The number of carbonyl (C=O) groups is 1. The lowest BCUT2D eigenvalue weighted by atomic mass is 9.89. The molecule has 1 aliphatic heterocycles. The van der Waals surface area contributed by atoms with Crippen LogP contribution in [-0.4, -0.2) is 42.5 Å². The fourth-order valence-electron chi connectivity index (χ4n) is 5.38. The van der Waals surface area contributed by atoms with E-state index in [2.05, 4.69) is 46.5 Å². The Hall–Kier alpha value is -3.28. The molecule has 2 N–H and O–H groups in total. The van der Waals surface area contributed by atoms with Crippen molar-refractivity contribution >= 4 is 34.1 Å². The topological polar surface area (TPSA) is 57.4 Å². The quantitative estimate of drug-likeness (QED) is 0.273. The van der Waals surface area contributed by atoms with Gasteiger partial charge in [0.1, 0.15) is 5.75 Å². The Morgan fingerprint density at radius 1 is 1.11 bits per heavy atom. The summed E-state index contributed by atoms with van der Waals surface area (Å²) < 4.78 is 5.19. The summed E-state index contributed by atoms with van der Waals surface area (Å²) in [6.45, 7) is 5.35. The lowest BCUT2D eigenvalue weighted by Gasteiger charge is -2.32. The number of methoxy groups -OCH3 is 1. The number of nitrogens with one attached hydrogen (secondary N) is 2. The fraction of sp³-hybridized carbons (Fsp3) is 0.323. The summed E-state index contributed by atoms with van der Waals surface area (Å²) in [5.41, 5.74) is 6.81. The predicted molar refractivity (Wildman–Crippen MR) is 152 cm³/mol. The number of halogens is 1. The largest absolute Gasteiger partial charge is 0.497 e. The van der Waals surface area contributed by atoms with Crippen molar-refractivity contribution < 1.29 is 9.53 Å². The van der Waals surface area contributed by atoms with Crippen molar-refractivity contribution in [2.24, 2.45) is 0 Å². The standard InChI is InChI=1S/C31H34ClN3O2/c1-21-6-9-25(34-30(36)18-22-7-10-26(37-2)11-8-22)19-24(21)14-17-35-15-12-23(13-16-35)28-20-33-31-27(28)4-3-5-29(31)32/h3-11,19-20,23,33H,12-18H2,1-2H3,(H,34,36). The minimum absolute atomic E-state index is 0.0133. The minimum Gasteiger partial charge on any atom is -0.497 e. The van der Waals surface area contributed by atoms with E-state index in [1.165, 1.54) is 22.1 Å². The molecule has 1 saturated heterocycles. The van der Waals surface area contributed by atoms with Crippen LogP contribution in [0.1, 0.15) is 41.0 Å². The van der Waals surface area contributed by atoms with E-state index in [1.807, 2.05) is 42.5 Å². The number of benzene rings is 3. The van der Waals surface area contributed by atoms with Gasteiger partial charge in [0.15, 0.2) is 0 Å². The third-order valence-electron chi connectivity index (χ3n) is 7.58. The normalized spacial score (nSPS) is 14.7. The highest BCUT2D eigenvalue weighted by molar-refractivity contribution is 6.35. The number of rotatable bonds is 8. The monoisotopic (exact) mass is 515 g/mol. The molecule has 0 bridgehead atoms. The Kier molecular flexibility index (Phi) is 7.82. The molecule has 1 aliphatic rings. The predicted octanol–water partition coefficient (Wildman–Crippen LogP) is 6.74. The van der Waals surface area contributed by atoms with Gasteiger partial charge in [0.05, 0.1) is 24.1 Å². The van der Waals surface area contributed by atoms with Gasteiger partial charge in [-0.05, 0) is 97.8 Å². The summed E-state index contributed by atoms with van der Waals surface area (Å²) in [5, 5.41) is 5.11. The summed E-state index contributed by atoms with van der Waals surface area (Å²) in [7, 11) is 1.64. The van der Waals surface area contributed by atoms with Gasteiger partial charge in [0.25, 0.3) is 0 Å². The molecule has 3 aromatic carbocycles. The summed E-state index contributed by atoms with van der Waals surface area (Å²) in [5.74, 6) is 1.34. The van der Waals surface area contributed by atoms with E-state index in [1.54, 1.807) is 7.11 Å². The van der Waals surface area contributed by atoms with E-state index in [-0.39, 0.29) is 5.91 Å². The Labute approximate surface area is 223 Å². The number of likely N-dealkylation sites (tertiary alicyclic amines) is 1. The van der Waals surface area contributed by atoms with Gasteiger partial charge in [-0.2, -0.15) is 0 Å². The van der Waals surface area contributed by atoms with E-state index in [9.17, 15) is 4.79 Å². The van der Waals surface area contributed by atoms with Gasteiger partial charge in [-0.15, -0.1) is 0 Å². The highest BCUT2D eigenvalue weighted by Crippen LogP contribution is 2.35. The Morgan fingerprint density at radius 3 is 2.65 bits per heavy atom. The zero-order chi connectivity index (χ0) is 25.8. The maximum atomic E-state index is 12.6. The Bertz CT molecular complexity index is 1370. The van der Waals surface area contributed by atoms with Crippen LogP contribution in [0.4, 0.5) is 5.69 Å². The van der Waals surface area contributed by atoms with Gasteiger partial charge in [-0.3, -0.25) is 4.79 Å². The van der Waals surface area contributed by atoms with E-state index in [0.717, 1.165) is 66.4 Å². The maximum Gasteiger partial charge on any atom is 0.228 e. The highest BCUT2D eigenvalue weighted by atomic mass is 35.5. The number of amides is 1. The summed E-state index contributed by atoms with van der Waals surface area (Å²) in [6, 6.07) is 20.0. The second-order valence-corrected chi connectivity index (χ2v) is 10.4. The van der Waals surface area contributed by atoms with Crippen LogP contribution in [0.25, 0.3) is 10.9 Å². The van der Waals surface area contributed by atoms with E-state index in [0.29, 0.717) is 12.3 Å². The van der Waals surface area contributed by atoms with Gasteiger partial charge in [-0.1, -0.05) is 41.9 Å². The minimum atomic E-state index is -0.0133. The third kappa shape index (κ3) is 6.00. The number of nitrogens with zero attached hydrogens (tertiary/aromatic N) is 1. The number of aryl methyl sites for hydroxylation is 1. The molecule has 1 fully saturated rings. The second kappa shape index (κ2) is 11.4. The Morgan fingerprint density at radius 2 is 1.89 bits per heavy atom. The first kappa shape index (κ1) is 25.4. The van der Waals surface area contributed by atoms with Crippen LogP contribution >= 0.6 is 11.6 Å². The van der Waals surface area contributed by atoms with Crippen molar-refractivity contribution in [2.75, 3.05) is 32.1 Å². The summed E-state index contributed by atoms with van der Waals surface area (Å²) in [6.07, 6.45) is 5.76. The van der Waals surface area contributed by atoms with Gasteiger partial charge >= 0.3 is 0 Å². The van der Waals surface area contributed by atoms with Gasteiger partial charge in [0, 0.05) is 23.8 Å². The number of hydrogen-bond acceptors (Lipinski definition) is 3. The number of para-hydroxylation sites is 1. The zero-order valence-corrected chi connectivity index (χ0v) is 22.3. The van der Waals surface area contributed by atoms with Gasteiger partial charge in [-0.25, -0.2) is 0 Å². The van der Waals surface area contributed by atoms with E-state index < -0.39 is 0 Å². The first-order valence-electron chi connectivity index (χ1n) is 13.0. The average molecular weight is 516 g/mol. The number of H-pyrrole nitrogens is 1. The molecule has 0 radical (unpaired) electrons. The molecule has 0 aliphatic carbocycles. The molecule has 0 saturated carbocycles. The molecule has 5 nitrogen and oxygen atoms in total. The number of fused-ring (bicyclic) bond motifs is 1. The van der Waals surface area contributed by atoms with Crippen molar-refractivity contribution in [3.63, 3.8) is 0 Å². The molecule has 5 rings (SSSR count). The number of carbonyl (C=O) groups excluding carboxylic acids is 1. The molecule has 0 atom stereocenters. The number of aromatic nitrogens is 1. The number of piperidine rings is 1. The average Bonchev–Trinajstić information content (AvgIpc) is 3.35. The van der Waals surface area contributed by atoms with Crippen LogP contribution in [0.5, 0.6) is 5.75 Å². The van der Waals surface area contributed by atoms with Crippen molar-refractivity contribution in [1.82, 2.24) is 9.88 Å². The van der Waals surface area contributed by atoms with Crippen LogP contribution in [-0.2, 0) is 17.6 Å². The van der Waals surface area contributed by atoms with Crippen molar-refractivity contribution in [3.8, 4) is 5.75 Å². The lowest BCUT2D eigenvalue weighted by Crippen LogP contribution is -2.34. The SMILES string of the molecule is COc1ccc(CC(=O)Nc2ccc(C)c(CCN3CCC(c4c[nH]c5c(Cl)cccc45)CC3)c2)cc1. The summed E-state index contributed by atoms with van der Waals surface area (Å²) in [4.78, 5) is 18.5. The zero-order valence-electron chi connectivity index (χ0n) is 21.5.